The minimum Gasteiger partial charge on any atom is -0.379 e. The molecule has 1 aromatic heterocycles. The van der Waals surface area contributed by atoms with E-state index >= 15 is 0 Å². The highest BCUT2D eigenvalue weighted by Gasteiger charge is 2.09. The number of hydrogen-bond donors (Lipinski definition) is 0. The number of nitrogens with zero attached hydrogens (tertiary/aromatic N) is 3. The molecule has 290 valence electrons. The van der Waals surface area contributed by atoms with Crippen molar-refractivity contribution in [2.24, 2.45) is 5.41 Å². The van der Waals surface area contributed by atoms with Gasteiger partial charge in [0, 0.05) is 6.20 Å². The van der Waals surface area contributed by atoms with Crippen LogP contribution in [0.1, 0.15) is 46.2 Å². The molecule has 0 N–H and O–H groups in total. The van der Waals surface area contributed by atoms with Gasteiger partial charge in [-0.3, -0.25) is 0 Å². The van der Waals surface area contributed by atoms with Crippen molar-refractivity contribution in [2.45, 2.75) is 47.1 Å². The maximum Gasteiger partial charge on any atom is 0.0852 e. The molecule has 0 aromatic carbocycles. The fraction of sp³-hybridized carbons (Fsp3) is 0.941. The van der Waals surface area contributed by atoms with E-state index in [1.165, 1.54) is 0 Å². The molecule has 0 aliphatic rings. The van der Waals surface area contributed by atoms with Crippen molar-refractivity contribution < 1.29 is 56.8 Å². The van der Waals surface area contributed by atoms with Crippen molar-refractivity contribution in [3.63, 3.8) is 0 Å². The van der Waals surface area contributed by atoms with Crippen molar-refractivity contribution in [2.75, 3.05) is 159 Å². The Kier molecular flexibility index (Phi) is 31.5. The second kappa shape index (κ2) is 33.8. The summed E-state index contributed by atoms with van der Waals surface area (Å²) in [4.78, 5) is 0. The molecule has 0 fully saturated rings. The molecule has 0 aliphatic heterocycles. The summed E-state index contributed by atoms with van der Waals surface area (Å²) in [6.45, 7) is 24.2. The predicted octanol–water partition coefficient (Wildman–Crippen LogP) is 2.65. The first-order valence-corrected chi connectivity index (χ1v) is 17.7. The Morgan fingerprint density at radius 3 is 0.959 bits per heavy atom. The van der Waals surface area contributed by atoms with Gasteiger partial charge in [-0.25, -0.2) is 4.68 Å². The Balaban J connectivity index is 1.63. The fourth-order valence-corrected chi connectivity index (χ4v) is 3.64. The summed E-state index contributed by atoms with van der Waals surface area (Å²) < 4.78 is 67.8. The standard InChI is InChI=1S/C34H67N3O12/c1-32(2)33-30-37(36-35-33)6-7-38-8-9-39-10-11-40-12-13-41-14-15-42-16-17-43-18-19-44-20-21-45-22-23-46-24-25-47-26-27-48-28-29-49-31-34(3,4)5/h30,32H,6-29,31H2,1-5H3. The van der Waals surface area contributed by atoms with Crippen LogP contribution in [0.3, 0.4) is 0 Å². The molecular weight excluding hydrogens is 642 g/mol. The quantitative estimate of drug-likeness (QED) is 0.0929. The predicted molar refractivity (Wildman–Crippen MR) is 183 cm³/mol. The smallest absolute Gasteiger partial charge is 0.0852 e. The average Bonchev–Trinajstić information content (AvgIpc) is 3.55. The molecule has 0 saturated heterocycles. The highest BCUT2D eigenvalue weighted by atomic mass is 16.6. The molecule has 1 rings (SSSR count). The van der Waals surface area contributed by atoms with Gasteiger partial charge < -0.3 is 56.8 Å². The Morgan fingerprint density at radius 1 is 0.449 bits per heavy atom. The van der Waals surface area contributed by atoms with Crippen LogP contribution in [0, 0.1) is 5.41 Å². The monoisotopic (exact) mass is 709 g/mol. The third-order valence-electron chi connectivity index (χ3n) is 6.24. The molecule has 15 heteroatoms. The second-order valence-electron chi connectivity index (χ2n) is 12.4. The van der Waals surface area contributed by atoms with Crippen LogP contribution < -0.4 is 0 Å². The largest absolute Gasteiger partial charge is 0.379 e. The van der Waals surface area contributed by atoms with Gasteiger partial charge in [-0.05, 0) is 11.3 Å². The van der Waals surface area contributed by atoms with Gasteiger partial charge >= 0.3 is 0 Å². The summed E-state index contributed by atoms with van der Waals surface area (Å²) in [6, 6.07) is 0. The van der Waals surface area contributed by atoms with Gasteiger partial charge in [0.15, 0.2) is 0 Å². The van der Waals surface area contributed by atoms with Crippen molar-refractivity contribution in [1.82, 2.24) is 15.0 Å². The summed E-state index contributed by atoms with van der Waals surface area (Å²) in [5, 5.41) is 8.22. The summed E-state index contributed by atoms with van der Waals surface area (Å²) in [5.41, 5.74) is 1.17. The van der Waals surface area contributed by atoms with Crippen molar-refractivity contribution in [3.05, 3.63) is 11.9 Å². The third-order valence-corrected chi connectivity index (χ3v) is 6.24. The van der Waals surface area contributed by atoms with E-state index in [4.69, 9.17) is 56.8 Å². The van der Waals surface area contributed by atoms with Crippen molar-refractivity contribution in [1.29, 1.82) is 0 Å². The molecule has 0 amide bonds. The first-order chi connectivity index (χ1) is 23.9. The molecule has 0 saturated carbocycles. The lowest BCUT2D eigenvalue weighted by Gasteiger charge is -2.17. The van der Waals surface area contributed by atoms with Crippen molar-refractivity contribution >= 4 is 0 Å². The molecule has 1 aromatic rings. The normalized spacial score (nSPS) is 12.1. The maximum atomic E-state index is 5.57. The van der Waals surface area contributed by atoms with Crippen LogP contribution in [0.25, 0.3) is 0 Å². The van der Waals surface area contributed by atoms with E-state index in [0.717, 1.165) is 12.3 Å². The number of aromatic nitrogens is 3. The maximum absolute atomic E-state index is 5.57. The van der Waals surface area contributed by atoms with Gasteiger partial charge in [0.05, 0.1) is 171 Å². The third kappa shape index (κ3) is 33.6. The number of rotatable bonds is 38. The number of ether oxygens (including phenoxy) is 12. The lowest BCUT2D eigenvalue weighted by molar-refractivity contribution is -0.0291. The van der Waals surface area contributed by atoms with E-state index in [-0.39, 0.29) is 5.41 Å². The molecule has 0 radical (unpaired) electrons. The molecular formula is C34H67N3O12. The Bertz CT molecular complexity index is 814. The fourth-order valence-electron chi connectivity index (χ4n) is 3.64. The van der Waals surface area contributed by atoms with E-state index in [1.54, 1.807) is 4.68 Å². The minimum atomic E-state index is 0.181. The van der Waals surface area contributed by atoms with E-state index in [1.807, 2.05) is 6.20 Å². The molecule has 49 heavy (non-hydrogen) atoms. The Hall–Kier alpha value is -1.34. The summed E-state index contributed by atoms with van der Waals surface area (Å²) in [6.07, 6.45) is 1.96. The van der Waals surface area contributed by atoms with Crippen LogP contribution >= 0.6 is 0 Å². The summed E-state index contributed by atoms with van der Waals surface area (Å²) in [5.74, 6) is 0.375. The van der Waals surface area contributed by atoms with Crippen LogP contribution in [-0.2, 0) is 63.4 Å². The molecule has 0 atom stereocenters. The average molecular weight is 710 g/mol. The minimum absolute atomic E-state index is 0.181. The summed E-state index contributed by atoms with van der Waals surface area (Å²) >= 11 is 0. The van der Waals surface area contributed by atoms with E-state index in [0.29, 0.717) is 164 Å². The van der Waals surface area contributed by atoms with Crippen LogP contribution in [-0.4, -0.2) is 174 Å². The van der Waals surface area contributed by atoms with E-state index < -0.39 is 0 Å². The molecule has 0 bridgehead atoms. The molecule has 0 aliphatic carbocycles. The lowest BCUT2D eigenvalue weighted by Crippen LogP contribution is -2.17. The SMILES string of the molecule is CC(C)c1cn(CCOCCOCCOCCOCCOCCOCCOCCOCCOCCOCCOCCOCC(C)(C)C)nn1. The van der Waals surface area contributed by atoms with Gasteiger partial charge in [0.2, 0.25) is 0 Å². The van der Waals surface area contributed by atoms with Crippen molar-refractivity contribution in [3.8, 4) is 0 Å². The highest BCUT2D eigenvalue weighted by molar-refractivity contribution is 4.97. The van der Waals surface area contributed by atoms with Gasteiger partial charge in [-0.2, -0.15) is 0 Å². The Morgan fingerprint density at radius 2 is 0.714 bits per heavy atom. The zero-order valence-electron chi connectivity index (χ0n) is 31.1. The van der Waals surface area contributed by atoms with Gasteiger partial charge in [-0.15, -0.1) is 5.10 Å². The zero-order valence-corrected chi connectivity index (χ0v) is 31.1. The first-order valence-electron chi connectivity index (χ1n) is 17.7. The molecule has 15 nitrogen and oxygen atoms in total. The first kappa shape index (κ1) is 45.7. The van der Waals surface area contributed by atoms with Crippen LogP contribution in [0.4, 0.5) is 0 Å². The number of hydrogen-bond acceptors (Lipinski definition) is 14. The van der Waals surface area contributed by atoms with Crippen LogP contribution in [0.2, 0.25) is 0 Å². The zero-order chi connectivity index (χ0) is 35.5. The van der Waals surface area contributed by atoms with Gasteiger partial charge in [0.25, 0.3) is 0 Å². The van der Waals surface area contributed by atoms with E-state index in [2.05, 4.69) is 44.9 Å². The van der Waals surface area contributed by atoms with E-state index in [9.17, 15) is 0 Å². The van der Waals surface area contributed by atoms with Crippen LogP contribution in [0.5, 0.6) is 0 Å². The molecule has 1 heterocycles. The molecule has 0 unspecified atom stereocenters. The molecule has 0 spiro atoms. The highest BCUT2D eigenvalue weighted by Crippen LogP contribution is 2.12. The lowest BCUT2D eigenvalue weighted by atomic mass is 9.99. The van der Waals surface area contributed by atoms with Gasteiger partial charge in [0.1, 0.15) is 0 Å². The Labute approximate surface area is 294 Å². The second-order valence-corrected chi connectivity index (χ2v) is 12.4. The topological polar surface area (TPSA) is 141 Å². The van der Waals surface area contributed by atoms with Crippen LogP contribution in [0.15, 0.2) is 6.20 Å². The summed E-state index contributed by atoms with van der Waals surface area (Å²) in [7, 11) is 0. The van der Waals surface area contributed by atoms with Gasteiger partial charge in [-0.1, -0.05) is 39.8 Å².